The molecule has 0 radical (unpaired) electrons. The Morgan fingerprint density at radius 1 is 1.00 bits per heavy atom. The van der Waals surface area contributed by atoms with E-state index < -0.39 is 0 Å². The van der Waals surface area contributed by atoms with Crippen molar-refractivity contribution in [2.24, 2.45) is 0 Å². The van der Waals surface area contributed by atoms with Crippen molar-refractivity contribution in [3.8, 4) is 11.1 Å². The van der Waals surface area contributed by atoms with Gasteiger partial charge in [-0.05, 0) is 11.1 Å². The first-order valence-corrected chi connectivity index (χ1v) is 4.52. The molecule has 0 aliphatic rings. The van der Waals surface area contributed by atoms with Crippen molar-refractivity contribution >= 4 is 0 Å². The van der Waals surface area contributed by atoms with Gasteiger partial charge < -0.3 is 5.21 Å². The minimum atomic E-state index is 0.714. The van der Waals surface area contributed by atoms with Crippen LogP contribution in [0.2, 0.25) is 0 Å². The van der Waals surface area contributed by atoms with Crippen molar-refractivity contribution in [2.75, 3.05) is 0 Å². The molecule has 1 aromatic heterocycles. The molecule has 0 aliphatic heterocycles. The van der Waals surface area contributed by atoms with E-state index in [1.807, 2.05) is 42.5 Å². The van der Waals surface area contributed by atoms with E-state index in [4.69, 9.17) is 0 Å². The average molecular weight is 185 g/mol. The van der Waals surface area contributed by atoms with Gasteiger partial charge in [-0.3, -0.25) is 0 Å². The standard InChI is InChI=1S/C12H11NO/c1-10-9-12(7-8-13(10)14)11-5-3-2-4-6-11/h2-9H,1H3. The second kappa shape index (κ2) is 3.50. The van der Waals surface area contributed by atoms with Gasteiger partial charge in [0.1, 0.15) is 0 Å². The molecule has 14 heavy (non-hydrogen) atoms. The van der Waals surface area contributed by atoms with Crippen LogP contribution in [0.3, 0.4) is 0 Å². The highest BCUT2D eigenvalue weighted by Crippen LogP contribution is 2.17. The monoisotopic (exact) mass is 185 g/mol. The van der Waals surface area contributed by atoms with Crippen LogP contribution in [0.15, 0.2) is 48.7 Å². The molecule has 0 saturated carbocycles. The molecule has 2 aromatic rings. The zero-order chi connectivity index (χ0) is 9.97. The largest absolute Gasteiger partial charge is 0.619 e. The van der Waals surface area contributed by atoms with Gasteiger partial charge in [0.15, 0.2) is 11.9 Å². The fraction of sp³-hybridized carbons (Fsp3) is 0.0833. The van der Waals surface area contributed by atoms with E-state index >= 15 is 0 Å². The number of aromatic nitrogens is 1. The maximum Gasteiger partial charge on any atom is 0.190 e. The van der Waals surface area contributed by atoms with E-state index in [0.29, 0.717) is 5.69 Å². The van der Waals surface area contributed by atoms with E-state index in [1.165, 1.54) is 6.20 Å². The molecular formula is C12H11NO. The summed E-state index contributed by atoms with van der Waals surface area (Å²) in [5.41, 5.74) is 2.93. The van der Waals surface area contributed by atoms with Gasteiger partial charge in [-0.2, -0.15) is 4.73 Å². The van der Waals surface area contributed by atoms with Gasteiger partial charge in [-0.25, -0.2) is 0 Å². The smallest absolute Gasteiger partial charge is 0.190 e. The van der Waals surface area contributed by atoms with Crippen LogP contribution in [0, 0.1) is 12.1 Å². The van der Waals surface area contributed by atoms with Crippen LogP contribution in [0.1, 0.15) is 5.69 Å². The van der Waals surface area contributed by atoms with Crippen LogP contribution in [0.25, 0.3) is 11.1 Å². The number of rotatable bonds is 1. The molecule has 0 N–H and O–H groups in total. The Hall–Kier alpha value is -1.83. The van der Waals surface area contributed by atoms with E-state index in [0.717, 1.165) is 15.9 Å². The molecule has 0 atom stereocenters. The van der Waals surface area contributed by atoms with Crippen LogP contribution in [-0.4, -0.2) is 0 Å². The van der Waals surface area contributed by atoms with E-state index in [9.17, 15) is 5.21 Å². The molecule has 0 spiro atoms. The van der Waals surface area contributed by atoms with Gasteiger partial charge in [0.2, 0.25) is 0 Å². The predicted octanol–water partition coefficient (Wildman–Crippen LogP) is 2.30. The summed E-state index contributed by atoms with van der Waals surface area (Å²) >= 11 is 0. The zero-order valence-electron chi connectivity index (χ0n) is 7.97. The summed E-state index contributed by atoms with van der Waals surface area (Å²) in [6, 6.07) is 13.7. The van der Waals surface area contributed by atoms with Gasteiger partial charge in [0, 0.05) is 19.1 Å². The maximum absolute atomic E-state index is 11.1. The van der Waals surface area contributed by atoms with E-state index in [2.05, 4.69) is 0 Å². The van der Waals surface area contributed by atoms with Crippen LogP contribution >= 0.6 is 0 Å². The minimum Gasteiger partial charge on any atom is -0.619 e. The lowest BCUT2D eigenvalue weighted by atomic mass is 10.1. The van der Waals surface area contributed by atoms with E-state index in [1.54, 1.807) is 6.92 Å². The quantitative estimate of drug-likeness (QED) is 0.494. The van der Waals surface area contributed by atoms with Gasteiger partial charge in [0.25, 0.3) is 0 Å². The molecule has 0 unspecified atom stereocenters. The second-order valence-electron chi connectivity index (χ2n) is 3.25. The Balaban J connectivity index is 2.48. The molecule has 0 bridgehead atoms. The summed E-state index contributed by atoms with van der Waals surface area (Å²) in [7, 11) is 0. The first-order chi connectivity index (χ1) is 6.77. The summed E-state index contributed by atoms with van der Waals surface area (Å²) in [6.07, 6.45) is 1.54. The van der Waals surface area contributed by atoms with Gasteiger partial charge in [0.05, 0.1) is 0 Å². The van der Waals surface area contributed by atoms with Crippen molar-refractivity contribution in [1.29, 1.82) is 0 Å². The molecule has 0 amide bonds. The number of nitrogens with zero attached hydrogens (tertiary/aromatic N) is 1. The second-order valence-corrected chi connectivity index (χ2v) is 3.25. The molecule has 1 heterocycles. The number of hydrogen-bond donors (Lipinski definition) is 0. The Bertz CT molecular complexity index is 437. The zero-order valence-corrected chi connectivity index (χ0v) is 7.97. The highest BCUT2D eigenvalue weighted by atomic mass is 16.5. The fourth-order valence-corrected chi connectivity index (χ4v) is 1.41. The third-order valence-electron chi connectivity index (χ3n) is 2.21. The first-order valence-electron chi connectivity index (χ1n) is 4.52. The van der Waals surface area contributed by atoms with Gasteiger partial charge >= 0.3 is 0 Å². The summed E-state index contributed by atoms with van der Waals surface area (Å²) < 4.78 is 0.867. The highest BCUT2D eigenvalue weighted by Gasteiger charge is 2.02. The van der Waals surface area contributed by atoms with Gasteiger partial charge in [-0.1, -0.05) is 30.3 Å². The molecule has 2 nitrogen and oxygen atoms in total. The summed E-state index contributed by atoms with van der Waals surface area (Å²) in [4.78, 5) is 0. The lowest BCUT2D eigenvalue weighted by Crippen LogP contribution is -2.28. The molecule has 70 valence electrons. The first kappa shape index (κ1) is 8.75. The number of hydrogen-bond acceptors (Lipinski definition) is 1. The third-order valence-corrected chi connectivity index (χ3v) is 2.21. The van der Waals surface area contributed by atoms with Crippen LogP contribution in [0.5, 0.6) is 0 Å². The maximum atomic E-state index is 11.1. The topological polar surface area (TPSA) is 26.9 Å². The predicted molar refractivity (Wildman–Crippen MR) is 55.6 cm³/mol. The average Bonchev–Trinajstić information content (AvgIpc) is 2.23. The molecule has 0 saturated heterocycles. The van der Waals surface area contributed by atoms with Crippen molar-refractivity contribution in [3.63, 3.8) is 0 Å². The van der Waals surface area contributed by atoms with Crippen molar-refractivity contribution < 1.29 is 4.73 Å². The number of pyridine rings is 1. The van der Waals surface area contributed by atoms with Crippen molar-refractivity contribution in [3.05, 3.63) is 59.6 Å². The number of benzene rings is 1. The van der Waals surface area contributed by atoms with Crippen LogP contribution in [-0.2, 0) is 0 Å². The van der Waals surface area contributed by atoms with Crippen LogP contribution in [0.4, 0.5) is 0 Å². The SMILES string of the molecule is Cc1cc(-c2ccccc2)cc[n+]1[O-]. The third kappa shape index (κ3) is 1.59. The minimum absolute atomic E-state index is 0.714. The molecular weight excluding hydrogens is 174 g/mol. The Labute approximate surface area is 83.0 Å². The molecule has 0 aliphatic carbocycles. The lowest BCUT2D eigenvalue weighted by molar-refractivity contribution is -0.612. The summed E-state index contributed by atoms with van der Waals surface area (Å²) in [6.45, 7) is 1.80. The fourth-order valence-electron chi connectivity index (χ4n) is 1.41. The Morgan fingerprint density at radius 3 is 2.36 bits per heavy atom. The molecule has 1 aromatic carbocycles. The van der Waals surface area contributed by atoms with Gasteiger partial charge in [-0.15, -0.1) is 0 Å². The molecule has 2 rings (SSSR count). The Morgan fingerprint density at radius 2 is 1.71 bits per heavy atom. The normalized spacial score (nSPS) is 10.1. The highest BCUT2D eigenvalue weighted by molar-refractivity contribution is 5.62. The number of aryl methyl sites for hydroxylation is 1. The van der Waals surface area contributed by atoms with Crippen molar-refractivity contribution in [1.82, 2.24) is 0 Å². The van der Waals surface area contributed by atoms with Crippen LogP contribution < -0.4 is 4.73 Å². The molecule has 0 fully saturated rings. The molecule has 2 heteroatoms. The lowest BCUT2D eigenvalue weighted by Gasteiger charge is -2.03. The van der Waals surface area contributed by atoms with E-state index in [-0.39, 0.29) is 0 Å². The summed E-state index contributed by atoms with van der Waals surface area (Å²) in [5.74, 6) is 0. The van der Waals surface area contributed by atoms with Crippen molar-refractivity contribution in [2.45, 2.75) is 6.92 Å². The Kier molecular flexibility index (Phi) is 2.19. The summed E-state index contributed by atoms with van der Waals surface area (Å²) in [5, 5.41) is 11.1.